The van der Waals surface area contributed by atoms with Gasteiger partial charge < -0.3 is 0 Å². The summed E-state index contributed by atoms with van der Waals surface area (Å²) in [6, 6.07) is 8.01. The minimum Gasteiger partial charge on any atom is -0.207 e. The molecule has 92 valence electrons. The van der Waals surface area contributed by atoms with Gasteiger partial charge in [0.15, 0.2) is 0 Å². The standard InChI is InChI=1S/C12H11FN4S/c1-12(2,16-17-14)11-7-10(15-18-11)8-3-5-9(13)6-4-8/h3-7H,1-2H3. The van der Waals surface area contributed by atoms with E-state index in [9.17, 15) is 4.39 Å². The van der Waals surface area contributed by atoms with Gasteiger partial charge in [0.25, 0.3) is 0 Å². The van der Waals surface area contributed by atoms with E-state index in [0.29, 0.717) is 0 Å². The predicted octanol–water partition coefficient (Wildman–Crippen LogP) is 4.49. The first-order valence-corrected chi connectivity index (χ1v) is 6.10. The molecule has 0 saturated carbocycles. The fourth-order valence-corrected chi connectivity index (χ4v) is 2.26. The molecule has 0 N–H and O–H groups in total. The number of aromatic nitrogens is 1. The summed E-state index contributed by atoms with van der Waals surface area (Å²) in [4.78, 5) is 3.71. The molecule has 2 rings (SSSR count). The quantitative estimate of drug-likeness (QED) is 0.456. The molecular formula is C12H11FN4S. The van der Waals surface area contributed by atoms with Gasteiger partial charge in [0.05, 0.1) is 11.2 Å². The second kappa shape index (κ2) is 4.76. The van der Waals surface area contributed by atoms with Gasteiger partial charge in [-0.2, -0.15) is 4.37 Å². The lowest BCUT2D eigenvalue weighted by Gasteiger charge is -2.13. The highest BCUT2D eigenvalue weighted by molar-refractivity contribution is 7.06. The second-order valence-corrected chi connectivity index (χ2v) is 5.14. The minimum absolute atomic E-state index is 0.274. The monoisotopic (exact) mass is 262 g/mol. The molecule has 2 aromatic rings. The van der Waals surface area contributed by atoms with Crippen LogP contribution in [0.1, 0.15) is 18.7 Å². The van der Waals surface area contributed by atoms with Crippen molar-refractivity contribution in [2.75, 3.05) is 0 Å². The van der Waals surface area contributed by atoms with Crippen LogP contribution in [-0.4, -0.2) is 4.37 Å². The molecule has 18 heavy (non-hydrogen) atoms. The summed E-state index contributed by atoms with van der Waals surface area (Å²) >= 11 is 1.29. The van der Waals surface area contributed by atoms with Crippen LogP contribution >= 0.6 is 11.5 Å². The smallest absolute Gasteiger partial charge is 0.123 e. The molecule has 0 aliphatic carbocycles. The fourth-order valence-electron chi connectivity index (χ4n) is 1.48. The van der Waals surface area contributed by atoms with Gasteiger partial charge in [-0.1, -0.05) is 5.11 Å². The molecule has 1 heterocycles. The van der Waals surface area contributed by atoms with Crippen LogP contribution in [-0.2, 0) is 5.54 Å². The number of hydrogen-bond acceptors (Lipinski definition) is 3. The van der Waals surface area contributed by atoms with Crippen molar-refractivity contribution in [3.05, 3.63) is 51.5 Å². The first-order chi connectivity index (χ1) is 8.53. The highest BCUT2D eigenvalue weighted by Gasteiger charge is 2.22. The lowest BCUT2D eigenvalue weighted by molar-refractivity contribution is 0.563. The van der Waals surface area contributed by atoms with E-state index in [1.54, 1.807) is 12.1 Å². The molecule has 1 aromatic carbocycles. The Hall–Kier alpha value is -1.91. The molecule has 1 aromatic heterocycles. The zero-order valence-electron chi connectivity index (χ0n) is 9.96. The Kier molecular flexibility index (Phi) is 3.32. The van der Waals surface area contributed by atoms with Crippen molar-refractivity contribution in [1.29, 1.82) is 0 Å². The predicted molar refractivity (Wildman–Crippen MR) is 69.7 cm³/mol. The summed E-state index contributed by atoms with van der Waals surface area (Å²) in [6.45, 7) is 3.66. The molecule has 0 saturated heterocycles. The lowest BCUT2D eigenvalue weighted by atomic mass is 10.0. The number of rotatable bonds is 3. The van der Waals surface area contributed by atoms with E-state index in [0.717, 1.165) is 16.1 Å². The van der Waals surface area contributed by atoms with Gasteiger partial charge in [-0.25, -0.2) is 4.39 Å². The summed E-state index contributed by atoms with van der Waals surface area (Å²) < 4.78 is 17.1. The fraction of sp³-hybridized carbons (Fsp3) is 0.250. The third kappa shape index (κ3) is 2.50. The summed E-state index contributed by atoms with van der Waals surface area (Å²) in [7, 11) is 0. The molecule has 0 bridgehead atoms. The van der Waals surface area contributed by atoms with Crippen molar-refractivity contribution >= 4 is 11.5 Å². The van der Waals surface area contributed by atoms with Crippen molar-refractivity contribution in [1.82, 2.24) is 4.37 Å². The van der Waals surface area contributed by atoms with Gasteiger partial charge in [-0.05, 0) is 61.2 Å². The van der Waals surface area contributed by atoms with Crippen LogP contribution < -0.4 is 0 Å². The first-order valence-electron chi connectivity index (χ1n) is 5.32. The molecule has 0 fully saturated rings. The van der Waals surface area contributed by atoms with Crippen molar-refractivity contribution in [3.63, 3.8) is 0 Å². The molecule has 0 radical (unpaired) electrons. The van der Waals surface area contributed by atoms with E-state index in [2.05, 4.69) is 14.4 Å². The normalized spacial score (nSPS) is 11.1. The number of halogens is 1. The highest BCUT2D eigenvalue weighted by Crippen LogP contribution is 2.32. The van der Waals surface area contributed by atoms with Gasteiger partial charge in [0, 0.05) is 15.4 Å². The van der Waals surface area contributed by atoms with Gasteiger partial charge in [0.1, 0.15) is 5.82 Å². The molecule has 4 nitrogen and oxygen atoms in total. The number of benzene rings is 1. The van der Waals surface area contributed by atoms with Gasteiger partial charge >= 0.3 is 0 Å². The number of hydrogen-bond donors (Lipinski definition) is 0. The minimum atomic E-state index is -0.620. The van der Waals surface area contributed by atoms with E-state index in [4.69, 9.17) is 5.53 Å². The van der Waals surface area contributed by atoms with Gasteiger partial charge in [0.2, 0.25) is 0 Å². The van der Waals surface area contributed by atoms with Crippen LogP contribution in [0.25, 0.3) is 21.7 Å². The molecular weight excluding hydrogens is 251 g/mol. The zero-order valence-corrected chi connectivity index (χ0v) is 10.8. The van der Waals surface area contributed by atoms with Crippen molar-refractivity contribution in [2.45, 2.75) is 19.4 Å². The Bertz CT molecular complexity index is 597. The molecule has 0 aliphatic rings. The van der Waals surface area contributed by atoms with E-state index >= 15 is 0 Å². The van der Waals surface area contributed by atoms with Crippen LogP contribution in [0.4, 0.5) is 4.39 Å². The summed E-state index contributed by atoms with van der Waals surface area (Å²) in [5, 5.41) is 3.74. The second-order valence-electron chi connectivity index (χ2n) is 4.33. The average Bonchev–Trinajstić information content (AvgIpc) is 2.80. The van der Waals surface area contributed by atoms with Crippen molar-refractivity contribution in [3.8, 4) is 11.3 Å². The molecule has 0 unspecified atom stereocenters. The maximum atomic E-state index is 12.8. The van der Waals surface area contributed by atoms with Crippen molar-refractivity contribution < 1.29 is 4.39 Å². The van der Waals surface area contributed by atoms with E-state index in [1.165, 1.54) is 23.7 Å². The third-order valence-corrected chi connectivity index (χ3v) is 3.65. The van der Waals surface area contributed by atoms with Gasteiger partial charge in [-0.3, -0.25) is 0 Å². The Morgan fingerprint density at radius 2 is 2.00 bits per heavy atom. The topological polar surface area (TPSA) is 61.7 Å². The average molecular weight is 262 g/mol. The van der Waals surface area contributed by atoms with Crippen LogP contribution in [0.5, 0.6) is 0 Å². The van der Waals surface area contributed by atoms with Crippen molar-refractivity contribution in [2.24, 2.45) is 5.11 Å². The molecule has 6 heteroatoms. The summed E-state index contributed by atoms with van der Waals surface area (Å²) in [5.41, 5.74) is 9.50. The Balaban J connectivity index is 2.36. The van der Waals surface area contributed by atoms with Crippen LogP contribution in [0.3, 0.4) is 0 Å². The zero-order chi connectivity index (χ0) is 13.2. The third-order valence-electron chi connectivity index (χ3n) is 2.55. The first kappa shape index (κ1) is 12.5. The van der Waals surface area contributed by atoms with E-state index < -0.39 is 5.54 Å². The summed E-state index contributed by atoms with van der Waals surface area (Å²) in [6.07, 6.45) is 0. The summed E-state index contributed by atoms with van der Waals surface area (Å²) in [5.74, 6) is -0.274. The Labute approximate surface area is 108 Å². The van der Waals surface area contributed by atoms with Gasteiger partial charge in [-0.15, -0.1) is 0 Å². The number of azide groups is 1. The maximum absolute atomic E-state index is 12.8. The largest absolute Gasteiger partial charge is 0.207 e. The Morgan fingerprint density at radius 1 is 1.33 bits per heavy atom. The molecule has 0 spiro atoms. The molecule has 0 aliphatic heterocycles. The highest BCUT2D eigenvalue weighted by atomic mass is 32.1. The molecule has 0 amide bonds. The van der Waals surface area contributed by atoms with Crippen LogP contribution in [0.15, 0.2) is 35.4 Å². The Morgan fingerprint density at radius 3 is 2.61 bits per heavy atom. The SMILES string of the molecule is CC(C)(N=[N+]=[N-])c1cc(-c2ccc(F)cc2)ns1. The lowest BCUT2D eigenvalue weighted by Crippen LogP contribution is -2.09. The van der Waals surface area contributed by atoms with Crippen LogP contribution in [0.2, 0.25) is 0 Å². The van der Waals surface area contributed by atoms with Crippen LogP contribution in [0, 0.1) is 5.82 Å². The van der Waals surface area contributed by atoms with E-state index in [1.807, 2.05) is 19.9 Å². The van der Waals surface area contributed by atoms with E-state index in [-0.39, 0.29) is 5.82 Å². The maximum Gasteiger partial charge on any atom is 0.123 e. The molecule has 0 atom stereocenters. The number of nitrogens with zero attached hydrogens (tertiary/aromatic N) is 4.